The van der Waals surface area contributed by atoms with Crippen LogP contribution in [0.3, 0.4) is 0 Å². The van der Waals surface area contributed by atoms with Gasteiger partial charge in [0.05, 0.1) is 22.3 Å². The van der Waals surface area contributed by atoms with Gasteiger partial charge in [-0.15, -0.1) is 0 Å². The van der Waals surface area contributed by atoms with Crippen molar-refractivity contribution in [1.29, 1.82) is 0 Å². The first kappa shape index (κ1) is 21.4. The summed E-state index contributed by atoms with van der Waals surface area (Å²) in [5.74, 6) is -1.91. The van der Waals surface area contributed by atoms with Crippen molar-refractivity contribution in [3.63, 3.8) is 0 Å². The number of hydroxylamine groups is 1. The molecule has 33 heavy (non-hydrogen) atoms. The zero-order valence-electron chi connectivity index (χ0n) is 16.8. The molecule has 2 saturated heterocycles. The first-order valence-electron chi connectivity index (χ1n) is 9.95. The van der Waals surface area contributed by atoms with Crippen molar-refractivity contribution in [2.45, 2.75) is 12.1 Å². The number of rotatable bonds is 4. The third-order valence-corrected chi connectivity index (χ3v) is 6.29. The van der Waals surface area contributed by atoms with E-state index in [4.69, 9.17) is 28.0 Å². The molecule has 166 valence electrons. The van der Waals surface area contributed by atoms with E-state index in [9.17, 15) is 19.7 Å². The lowest BCUT2D eigenvalue weighted by atomic mass is 9.90. The highest BCUT2D eigenvalue weighted by Gasteiger charge is 2.60. The molecule has 10 heteroatoms. The molecule has 0 bridgehead atoms. The first-order chi connectivity index (χ1) is 15.9. The Morgan fingerprint density at radius 1 is 0.879 bits per heavy atom. The molecule has 0 N–H and O–H groups in total. The van der Waals surface area contributed by atoms with Crippen molar-refractivity contribution in [2.24, 2.45) is 5.92 Å². The molecule has 0 spiro atoms. The number of halogens is 2. The maximum atomic E-state index is 13.6. The maximum Gasteiger partial charge on any atom is 0.269 e. The number of para-hydroxylation sites is 1. The van der Waals surface area contributed by atoms with Gasteiger partial charge < -0.3 is 0 Å². The molecule has 3 unspecified atom stereocenters. The molecule has 3 aromatic carbocycles. The number of imide groups is 1. The Balaban J connectivity index is 1.58. The molecule has 0 aromatic heterocycles. The molecule has 0 radical (unpaired) electrons. The molecule has 3 atom stereocenters. The fourth-order valence-corrected chi connectivity index (χ4v) is 4.77. The van der Waals surface area contributed by atoms with Crippen LogP contribution < -0.4 is 9.96 Å². The summed E-state index contributed by atoms with van der Waals surface area (Å²) >= 11 is 12.6. The van der Waals surface area contributed by atoms with Gasteiger partial charge in [-0.2, -0.15) is 0 Å². The Morgan fingerprint density at radius 2 is 1.58 bits per heavy atom. The SMILES string of the molecule is O=C1C2ON(c3ccccc3)C(c3ccc(Cl)cc3Cl)C2C(=O)N1c1ccc([N+](=O)[O-])cc1. The van der Waals surface area contributed by atoms with E-state index in [0.717, 1.165) is 4.90 Å². The van der Waals surface area contributed by atoms with Crippen LogP contribution in [0.4, 0.5) is 17.1 Å². The second-order valence-corrected chi connectivity index (χ2v) is 8.45. The van der Waals surface area contributed by atoms with Gasteiger partial charge in [0.15, 0.2) is 6.10 Å². The topological polar surface area (TPSA) is 93.0 Å². The fourth-order valence-electron chi connectivity index (χ4n) is 4.25. The van der Waals surface area contributed by atoms with E-state index in [1.165, 1.54) is 29.3 Å². The number of anilines is 2. The third kappa shape index (κ3) is 3.52. The lowest BCUT2D eigenvalue weighted by molar-refractivity contribution is -0.384. The molecule has 2 aliphatic rings. The highest BCUT2D eigenvalue weighted by molar-refractivity contribution is 6.35. The molecule has 2 aliphatic heterocycles. The van der Waals surface area contributed by atoms with Crippen LogP contribution in [0.25, 0.3) is 0 Å². The number of hydrogen-bond donors (Lipinski definition) is 0. The fraction of sp³-hybridized carbons (Fsp3) is 0.130. The van der Waals surface area contributed by atoms with Crippen LogP contribution >= 0.6 is 23.2 Å². The number of benzene rings is 3. The Bertz CT molecular complexity index is 1270. The van der Waals surface area contributed by atoms with Crippen LogP contribution in [0.2, 0.25) is 10.0 Å². The number of nitro benzene ring substituents is 1. The highest BCUT2D eigenvalue weighted by atomic mass is 35.5. The molecule has 0 aliphatic carbocycles. The molecule has 2 fully saturated rings. The minimum atomic E-state index is -1.08. The first-order valence-corrected chi connectivity index (χ1v) is 10.7. The predicted octanol–water partition coefficient (Wildman–Crippen LogP) is 4.95. The largest absolute Gasteiger partial charge is 0.273 e. The van der Waals surface area contributed by atoms with Crippen molar-refractivity contribution in [1.82, 2.24) is 0 Å². The Hall–Kier alpha value is -3.46. The molecule has 0 saturated carbocycles. The molecule has 3 aromatic rings. The highest BCUT2D eigenvalue weighted by Crippen LogP contribution is 2.49. The number of non-ortho nitro benzene ring substituents is 1. The van der Waals surface area contributed by atoms with Crippen LogP contribution in [0, 0.1) is 16.0 Å². The van der Waals surface area contributed by atoms with Crippen LogP contribution in [-0.4, -0.2) is 22.8 Å². The van der Waals surface area contributed by atoms with Gasteiger partial charge in [0, 0.05) is 22.2 Å². The van der Waals surface area contributed by atoms with Crippen LogP contribution in [-0.2, 0) is 14.4 Å². The summed E-state index contributed by atoms with van der Waals surface area (Å²) in [6.07, 6.45) is -1.08. The lowest BCUT2D eigenvalue weighted by Gasteiger charge is -2.29. The lowest BCUT2D eigenvalue weighted by Crippen LogP contribution is -2.37. The van der Waals surface area contributed by atoms with Gasteiger partial charge >= 0.3 is 0 Å². The van der Waals surface area contributed by atoms with Crippen LogP contribution in [0.1, 0.15) is 11.6 Å². The summed E-state index contributed by atoms with van der Waals surface area (Å²) in [5.41, 5.74) is 1.34. The van der Waals surface area contributed by atoms with E-state index < -0.39 is 34.8 Å². The zero-order chi connectivity index (χ0) is 23.3. The standard InChI is InChI=1S/C23H15Cl2N3O5/c24-13-6-11-17(18(25)12-13)20-19-21(33-27(20)15-4-2-1-3-5-15)23(30)26(22(19)29)14-7-9-16(10-8-14)28(31)32/h1-12,19-21H. The van der Waals surface area contributed by atoms with Gasteiger partial charge in [-0.25, -0.2) is 9.96 Å². The molecule has 2 amide bonds. The molecular weight excluding hydrogens is 469 g/mol. The van der Waals surface area contributed by atoms with Crippen molar-refractivity contribution < 1.29 is 19.3 Å². The van der Waals surface area contributed by atoms with Crippen molar-refractivity contribution in [3.8, 4) is 0 Å². The second-order valence-electron chi connectivity index (χ2n) is 7.61. The van der Waals surface area contributed by atoms with Gasteiger partial charge in [-0.05, 0) is 42.0 Å². The number of amides is 2. The van der Waals surface area contributed by atoms with E-state index in [1.807, 2.05) is 18.2 Å². The third-order valence-electron chi connectivity index (χ3n) is 5.73. The van der Waals surface area contributed by atoms with E-state index in [1.54, 1.807) is 30.3 Å². The Morgan fingerprint density at radius 3 is 2.21 bits per heavy atom. The quantitative estimate of drug-likeness (QED) is 0.296. The van der Waals surface area contributed by atoms with Crippen LogP contribution in [0.15, 0.2) is 72.8 Å². The van der Waals surface area contributed by atoms with Gasteiger partial charge in [-0.1, -0.05) is 47.5 Å². The maximum absolute atomic E-state index is 13.6. The minimum absolute atomic E-state index is 0.143. The number of fused-ring (bicyclic) bond motifs is 1. The summed E-state index contributed by atoms with van der Waals surface area (Å²) in [6, 6.07) is 18.6. The number of carbonyl (C=O) groups excluding carboxylic acids is 2. The summed E-state index contributed by atoms with van der Waals surface area (Å²) in [5, 5.41) is 13.3. The number of hydrogen-bond acceptors (Lipinski definition) is 6. The summed E-state index contributed by atoms with van der Waals surface area (Å²) < 4.78 is 0. The van der Waals surface area contributed by atoms with Gasteiger partial charge in [0.25, 0.3) is 11.6 Å². The van der Waals surface area contributed by atoms with Crippen LogP contribution in [0.5, 0.6) is 0 Å². The average molecular weight is 484 g/mol. The van der Waals surface area contributed by atoms with E-state index in [-0.39, 0.29) is 11.4 Å². The van der Waals surface area contributed by atoms with Crippen molar-refractivity contribution in [3.05, 3.63) is 98.5 Å². The number of carbonyl (C=O) groups is 2. The van der Waals surface area contributed by atoms with E-state index in [2.05, 4.69) is 0 Å². The minimum Gasteiger partial charge on any atom is -0.273 e. The monoisotopic (exact) mass is 483 g/mol. The van der Waals surface area contributed by atoms with Crippen molar-refractivity contribution >= 4 is 52.1 Å². The predicted molar refractivity (Wildman–Crippen MR) is 122 cm³/mol. The van der Waals surface area contributed by atoms with Gasteiger partial charge in [0.2, 0.25) is 5.91 Å². The van der Waals surface area contributed by atoms with Crippen molar-refractivity contribution in [2.75, 3.05) is 9.96 Å². The smallest absolute Gasteiger partial charge is 0.269 e. The molecule has 5 rings (SSSR count). The Labute approximate surface area is 198 Å². The number of nitrogens with zero attached hydrogens (tertiary/aromatic N) is 3. The second kappa shape index (κ2) is 8.15. The summed E-state index contributed by atoms with van der Waals surface area (Å²) in [7, 11) is 0. The summed E-state index contributed by atoms with van der Waals surface area (Å²) in [4.78, 5) is 44.3. The average Bonchev–Trinajstić information content (AvgIpc) is 3.30. The molecular formula is C23H15Cl2N3O5. The van der Waals surface area contributed by atoms with E-state index in [0.29, 0.717) is 21.3 Å². The van der Waals surface area contributed by atoms with E-state index >= 15 is 0 Å². The zero-order valence-corrected chi connectivity index (χ0v) is 18.3. The van der Waals surface area contributed by atoms with Gasteiger partial charge in [-0.3, -0.25) is 24.5 Å². The normalized spacial score (nSPS) is 22.1. The number of nitro groups is 1. The molecule has 2 heterocycles. The van der Waals surface area contributed by atoms with Gasteiger partial charge in [0.1, 0.15) is 5.92 Å². The summed E-state index contributed by atoms with van der Waals surface area (Å²) in [6.45, 7) is 0. The Kier molecular flexibility index (Phi) is 5.28. The molecule has 8 nitrogen and oxygen atoms in total.